The number of aliphatic hydroxyl groups is 5. The van der Waals surface area contributed by atoms with E-state index in [0.717, 1.165) is 6.92 Å². The summed E-state index contributed by atoms with van der Waals surface area (Å²) < 4.78 is 49.3. The minimum atomic E-state index is -4.96. The number of carbonyl (C=O) groups excluding carboxylic acids is 1. The van der Waals surface area contributed by atoms with Crippen molar-refractivity contribution in [2.24, 2.45) is 0 Å². The lowest BCUT2D eigenvalue weighted by atomic mass is 9.96. The van der Waals surface area contributed by atoms with E-state index >= 15 is 0 Å². The van der Waals surface area contributed by atoms with Crippen LogP contribution in [-0.4, -0.2) is 111 Å². The van der Waals surface area contributed by atoms with Crippen molar-refractivity contribution in [3.05, 3.63) is 11.5 Å². The zero-order valence-corrected chi connectivity index (χ0v) is 16.4. The molecule has 8 atom stereocenters. The highest BCUT2D eigenvalue weighted by atomic mass is 32.3. The Morgan fingerprint density at radius 1 is 1.16 bits per heavy atom. The van der Waals surface area contributed by atoms with E-state index in [1.165, 1.54) is 0 Å². The fourth-order valence-electron chi connectivity index (χ4n) is 2.89. The summed E-state index contributed by atoms with van der Waals surface area (Å²) in [6, 6.07) is -1.56. The van der Waals surface area contributed by atoms with Crippen LogP contribution in [0.3, 0.4) is 0 Å². The van der Waals surface area contributed by atoms with Gasteiger partial charge in [0.05, 0.1) is 6.61 Å². The first kappa shape index (κ1) is 25.2. The van der Waals surface area contributed by atoms with Gasteiger partial charge in [0, 0.05) is 6.92 Å². The number of aliphatic carboxylic acids is 1. The summed E-state index contributed by atoms with van der Waals surface area (Å²) in [5, 5.41) is 61.3. The van der Waals surface area contributed by atoms with Crippen molar-refractivity contribution in [3.63, 3.8) is 0 Å². The number of amides is 1. The smallest absolute Gasteiger partial charge is 0.397 e. The SMILES string of the molecule is CC(=O)N[C@@H]1[C@@H](O[C@@H]2OC(C(=O)O)=C(O)[C@H](O)[C@H]2O)[C@@H](O)[C@@H](COS(=O)(=O)O)O[C@H]1O. The molecule has 2 aliphatic rings. The molecule has 0 aliphatic carbocycles. The van der Waals surface area contributed by atoms with Gasteiger partial charge < -0.3 is 50.2 Å². The Hall–Kier alpha value is -2.09. The van der Waals surface area contributed by atoms with Gasteiger partial charge in [0.15, 0.2) is 12.0 Å². The van der Waals surface area contributed by atoms with E-state index < -0.39 is 89.5 Å². The molecule has 31 heavy (non-hydrogen) atoms. The summed E-state index contributed by atoms with van der Waals surface area (Å²) in [6.45, 7) is 0.0181. The van der Waals surface area contributed by atoms with E-state index in [1.54, 1.807) is 0 Å². The summed E-state index contributed by atoms with van der Waals surface area (Å²) in [5.74, 6) is -4.95. The lowest BCUT2D eigenvalue weighted by Crippen LogP contribution is -2.66. The maximum atomic E-state index is 11.5. The van der Waals surface area contributed by atoms with Gasteiger partial charge >= 0.3 is 16.4 Å². The quantitative estimate of drug-likeness (QED) is 0.162. The van der Waals surface area contributed by atoms with Gasteiger partial charge in [-0.3, -0.25) is 9.35 Å². The minimum Gasteiger partial charge on any atom is -0.506 e. The highest BCUT2D eigenvalue weighted by Gasteiger charge is 2.50. The van der Waals surface area contributed by atoms with E-state index in [1.807, 2.05) is 0 Å². The Morgan fingerprint density at radius 2 is 1.77 bits per heavy atom. The summed E-state index contributed by atoms with van der Waals surface area (Å²) in [4.78, 5) is 22.6. The first-order valence-corrected chi connectivity index (χ1v) is 9.84. The highest BCUT2D eigenvalue weighted by molar-refractivity contribution is 7.80. The molecule has 1 amide bonds. The second-order valence-corrected chi connectivity index (χ2v) is 7.63. The maximum absolute atomic E-state index is 11.5. The third-order valence-electron chi connectivity index (χ3n) is 4.28. The molecule has 178 valence electrons. The second kappa shape index (κ2) is 9.59. The van der Waals surface area contributed by atoms with Crippen molar-refractivity contribution in [3.8, 4) is 0 Å². The van der Waals surface area contributed by atoms with Gasteiger partial charge in [-0.05, 0) is 0 Å². The van der Waals surface area contributed by atoms with E-state index in [4.69, 9.17) is 23.9 Å². The third kappa shape index (κ3) is 5.99. The Bertz CT molecular complexity index is 828. The molecule has 0 aromatic heterocycles. The van der Waals surface area contributed by atoms with Gasteiger partial charge in [-0.2, -0.15) is 8.42 Å². The normalized spacial score (nSPS) is 36.6. The van der Waals surface area contributed by atoms with Crippen molar-refractivity contribution < 1.29 is 71.6 Å². The summed E-state index contributed by atoms with van der Waals surface area (Å²) in [6.07, 6.45) is -13.6. The van der Waals surface area contributed by atoms with Crippen molar-refractivity contribution >= 4 is 22.3 Å². The Kier molecular flexibility index (Phi) is 7.79. The van der Waals surface area contributed by atoms with Crippen LogP contribution in [0.25, 0.3) is 0 Å². The van der Waals surface area contributed by atoms with Gasteiger partial charge in [-0.15, -0.1) is 0 Å². The van der Waals surface area contributed by atoms with Crippen LogP contribution in [-0.2, 0) is 38.4 Å². The van der Waals surface area contributed by atoms with Gasteiger partial charge in [-0.25, -0.2) is 8.98 Å². The van der Waals surface area contributed by atoms with Crippen LogP contribution < -0.4 is 5.32 Å². The molecular weight excluding hydrogens is 454 g/mol. The van der Waals surface area contributed by atoms with Crippen molar-refractivity contribution in [2.75, 3.05) is 6.61 Å². The fourth-order valence-corrected chi connectivity index (χ4v) is 3.20. The van der Waals surface area contributed by atoms with Gasteiger partial charge in [0.25, 0.3) is 0 Å². The van der Waals surface area contributed by atoms with Gasteiger partial charge in [-0.1, -0.05) is 0 Å². The molecule has 8 N–H and O–H groups in total. The number of hydrogen-bond donors (Lipinski definition) is 8. The topological polar surface area (TPSA) is 259 Å². The Labute approximate surface area is 174 Å². The maximum Gasteiger partial charge on any atom is 0.397 e. The van der Waals surface area contributed by atoms with E-state index in [9.17, 15) is 43.5 Å². The van der Waals surface area contributed by atoms with E-state index in [2.05, 4.69) is 9.50 Å². The lowest BCUT2D eigenvalue weighted by molar-refractivity contribution is -0.303. The van der Waals surface area contributed by atoms with Crippen LogP contribution in [0.5, 0.6) is 0 Å². The van der Waals surface area contributed by atoms with Crippen molar-refractivity contribution in [1.29, 1.82) is 0 Å². The molecule has 1 fully saturated rings. The zero-order valence-electron chi connectivity index (χ0n) is 15.6. The highest BCUT2D eigenvalue weighted by Crippen LogP contribution is 2.30. The average molecular weight is 475 g/mol. The number of carbonyl (C=O) groups is 2. The molecule has 2 rings (SSSR count). The number of carboxylic acids is 1. The van der Waals surface area contributed by atoms with Crippen LogP contribution in [0.2, 0.25) is 0 Å². The van der Waals surface area contributed by atoms with Crippen molar-refractivity contribution in [2.45, 2.75) is 56.1 Å². The molecule has 2 aliphatic heterocycles. The molecule has 0 aromatic rings. The van der Waals surface area contributed by atoms with Crippen LogP contribution in [0, 0.1) is 0 Å². The lowest BCUT2D eigenvalue weighted by Gasteiger charge is -2.44. The zero-order chi connectivity index (χ0) is 23.7. The minimum absolute atomic E-state index is 0.741. The molecule has 0 bridgehead atoms. The molecule has 0 spiro atoms. The number of hydrogen-bond acceptors (Lipinski definition) is 13. The first-order valence-electron chi connectivity index (χ1n) is 8.48. The van der Waals surface area contributed by atoms with Crippen LogP contribution >= 0.6 is 0 Å². The molecular formula is C14H21NO15S. The molecule has 2 heterocycles. The third-order valence-corrected chi connectivity index (χ3v) is 4.71. The number of nitrogens with one attached hydrogen (secondary N) is 1. The summed E-state index contributed by atoms with van der Waals surface area (Å²) in [5.41, 5.74) is 0. The second-order valence-electron chi connectivity index (χ2n) is 6.54. The van der Waals surface area contributed by atoms with Crippen LogP contribution in [0.4, 0.5) is 0 Å². The fraction of sp³-hybridized carbons (Fsp3) is 0.714. The van der Waals surface area contributed by atoms with Crippen molar-refractivity contribution in [1.82, 2.24) is 5.32 Å². The number of carboxylic acid groups (broad SMARTS) is 1. The molecule has 1 saturated heterocycles. The molecule has 0 unspecified atom stereocenters. The molecule has 0 radical (unpaired) electrons. The predicted octanol–water partition coefficient (Wildman–Crippen LogP) is -4.29. The van der Waals surface area contributed by atoms with Gasteiger partial charge in [0.2, 0.25) is 18.0 Å². The largest absolute Gasteiger partial charge is 0.506 e. The Balaban J connectivity index is 2.30. The molecule has 0 saturated carbocycles. The van der Waals surface area contributed by atoms with E-state index in [0.29, 0.717) is 0 Å². The molecule has 17 heteroatoms. The first-order chi connectivity index (χ1) is 14.2. The molecule has 0 aromatic carbocycles. The van der Waals surface area contributed by atoms with Crippen LogP contribution in [0.1, 0.15) is 6.92 Å². The van der Waals surface area contributed by atoms with Crippen LogP contribution in [0.15, 0.2) is 11.5 Å². The number of rotatable bonds is 7. The summed E-state index contributed by atoms with van der Waals surface area (Å²) in [7, 11) is -4.96. The standard InChI is InChI=1S/C14H21NO15S/c1-3(16)15-5-10(6(17)4(28-13(5)23)2-27-31(24,25)26)29-14-9(20)7(18)8(19)11(30-14)12(21)22/h4-7,9-10,13-14,17-20,23H,2H2,1H3,(H,15,16)(H,21,22)(H,24,25,26)/t4-,5-,6+,7+,9-,10-,13-,14-/m1/s1. The van der Waals surface area contributed by atoms with Gasteiger partial charge in [0.1, 0.15) is 36.6 Å². The number of aliphatic hydroxyl groups excluding tert-OH is 5. The Morgan fingerprint density at radius 3 is 2.29 bits per heavy atom. The predicted molar refractivity (Wildman–Crippen MR) is 91.0 cm³/mol. The average Bonchev–Trinajstić information content (AvgIpc) is 2.64. The number of ether oxygens (including phenoxy) is 3. The summed E-state index contributed by atoms with van der Waals surface area (Å²) >= 11 is 0. The van der Waals surface area contributed by atoms with E-state index in [-0.39, 0.29) is 0 Å². The molecule has 16 nitrogen and oxygen atoms in total. The monoisotopic (exact) mass is 475 g/mol.